The Bertz CT molecular complexity index is 876. The number of piperidine rings is 1. The summed E-state index contributed by atoms with van der Waals surface area (Å²) < 4.78 is 15.8. The molecule has 2 aromatic rings. The lowest BCUT2D eigenvalue weighted by Crippen LogP contribution is -2.30. The van der Waals surface area contributed by atoms with E-state index in [1.807, 2.05) is 24.3 Å². The van der Waals surface area contributed by atoms with E-state index in [9.17, 15) is 9.59 Å². The third-order valence-corrected chi connectivity index (χ3v) is 5.13. The molecule has 30 heavy (non-hydrogen) atoms. The van der Waals surface area contributed by atoms with Gasteiger partial charge in [-0.2, -0.15) is 0 Å². The SMILES string of the molecule is COc1cccc(C(=O)O[C@H](C)C(=O)Nc2ccc(N3CCCCC3)cc2)c1OC. The Morgan fingerprint density at radius 3 is 2.30 bits per heavy atom. The number of methoxy groups -OCH3 is 2. The molecule has 160 valence electrons. The maximum atomic E-state index is 12.5. The van der Waals surface area contributed by atoms with Crippen LogP contribution in [-0.4, -0.2) is 45.3 Å². The van der Waals surface area contributed by atoms with Crippen LogP contribution in [0.2, 0.25) is 0 Å². The van der Waals surface area contributed by atoms with Gasteiger partial charge in [0.1, 0.15) is 5.56 Å². The highest BCUT2D eigenvalue weighted by molar-refractivity contribution is 5.98. The van der Waals surface area contributed by atoms with Crippen LogP contribution in [0.25, 0.3) is 0 Å². The fraction of sp³-hybridized carbons (Fsp3) is 0.391. The Morgan fingerprint density at radius 1 is 0.967 bits per heavy atom. The molecular weight excluding hydrogens is 384 g/mol. The number of amides is 1. The van der Waals surface area contributed by atoms with Crippen molar-refractivity contribution in [2.24, 2.45) is 0 Å². The minimum atomic E-state index is -0.977. The molecule has 0 bridgehead atoms. The summed E-state index contributed by atoms with van der Waals surface area (Å²) in [6, 6.07) is 12.6. The number of ether oxygens (including phenoxy) is 3. The Hall–Kier alpha value is -3.22. The molecular formula is C23H28N2O5. The van der Waals surface area contributed by atoms with Gasteiger partial charge >= 0.3 is 5.97 Å². The molecule has 1 heterocycles. The molecule has 3 rings (SSSR count). The fourth-order valence-electron chi connectivity index (χ4n) is 3.48. The second-order valence-electron chi connectivity index (χ2n) is 7.17. The minimum absolute atomic E-state index is 0.197. The number of carbonyl (C=O) groups is 2. The highest BCUT2D eigenvalue weighted by Crippen LogP contribution is 2.31. The zero-order valence-electron chi connectivity index (χ0n) is 17.6. The Kier molecular flexibility index (Phi) is 7.17. The minimum Gasteiger partial charge on any atom is -0.493 e. The number of anilines is 2. The Morgan fingerprint density at radius 2 is 1.67 bits per heavy atom. The van der Waals surface area contributed by atoms with Gasteiger partial charge in [0.2, 0.25) is 0 Å². The molecule has 1 N–H and O–H groups in total. The van der Waals surface area contributed by atoms with Crippen molar-refractivity contribution in [1.29, 1.82) is 0 Å². The van der Waals surface area contributed by atoms with E-state index in [2.05, 4.69) is 10.2 Å². The summed E-state index contributed by atoms with van der Waals surface area (Å²) in [5, 5.41) is 2.79. The summed E-state index contributed by atoms with van der Waals surface area (Å²) in [5.41, 5.74) is 2.00. The second kappa shape index (κ2) is 10.0. The molecule has 0 aliphatic carbocycles. The molecule has 0 spiro atoms. The molecule has 1 aliphatic rings. The molecule has 0 unspecified atom stereocenters. The Balaban J connectivity index is 1.60. The first kappa shape index (κ1) is 21.5. The lowest BCUT2D eigenvalue weighted by molar-refractivity contribution is -0.123. The van der Waals surface area contributed by atoms with Gasteiger partial charge < -0.3 is 24.4 Å². The van der Waals surface area contributed by atoms with Crippen LogP contribution in [0.4, 0.5) is 11.4 Å². The lowest BCUT2D eigenvalue weighted by atomic mass is 10.1. The second-order valence-corrected chi connectivity index (χ2v) is 7.17. The number of carbonyl (C=O) groups excluding carboxylic acids is 2. The molecule has 0 aromatic heterocycles. The molecule has 1 amide bonds. The number of nitrogens with zero attached hydrogens (tertiary/aromatic N) is 1. The van der Waals surface area contributed by atoms with E-state index in [-0.39, 0.29) is 11.3 Å². The highest BCUT2D eigenvalue weighted by atomic mass is 16.6. The maximum Gasteiger partial charge on any atom is 0.342 e. The Labute approximate surface area is 176 Å². The van der Waals surface area contributed by atoms with Crippen LogP contribution in [0.3, 0.4) is 0 Å². The van der Waals surface area contributed by atoms with Gasteiger partial charge in [0.05, 0.1) is 14.2 Å². The lowest BCUT2D eigenvalue weighted by Gasteiger charge is -2.28. The number of rotatable bonds is 7. The van der Waals surface area contributed by atoms with Crippen molar-refractivity contribution in [3.05, 3.63) is 48.0 Å². The van der Waals surface area contributed by atoms with Gasteiger partial charge in [-0.15, -0.1) is 0 Å². The molecule has 1 saturated heterocycles. The van der Waals surface area contributed by atoms with Gasteiger partial charge in [-0.25, -0.2) is 4.79 Å². The van der Waals surface area contributed by atoms with Crippen LogP contribution >= 0.6 is 0 Å². The van der Waals surface area contributed by atoms with E-state index in [4.69, 9.17) is 14.2 Å². The zero-order valence-corrected chi connectivity index (χ0v) is 17.6. The van der Waals surface area contributed by atoms with Crippen LogP contribution in [-0.2, 0) is 9.53 Å². The fourth-order valence-corrected chi connectivity index (χ4v) is 3.48. The van der Waals surface area contributed by atoms with Crippen LogP contribution < -0.4 is 19.7 Å². The molecule has 1 atom stereocenters. The van der Waals surface area contributed by atoms with Gasteiger partial charge in [-0.05, 0) is 62.6 Å². The van der Waals surface area contributed by atoms with Gasteiger partial charge in [-0.3, -0.25) is 4.79 Å². The zero-order chi connectivity index (χ0) is 21.5. The number of esters is 1. The van der Waals surface area contributed by atoms with Crippen molar-refractivity contribution in [2.45, 2.75) is 32.3 Å². The van der Waals surface area contributed by atoms with Crippen LogP contribution in [0.15, 0.2) is 42.5 Å². The number of para-hydroxylation sites is 1. The summed E-state index contributed by atoms with van der Waals surface area (Å²) in [5.74, 6) is -0.381. The number of nitrogens with one attached hydrogen (secondary N) is 1. The number of hydrogen-bond acceptors (Lipinski definition) is 6. The summed E-state index contributed by atoms with van der Waals surface area (Å²) >= 11 is 0. The van der Waals surface area contributed by atoms with Gasteiger partial charge in [-0.1, -0.05) is 6.07 Å². The molecule has 0 radical (unpaired) electrons. The predicted octanol–water partition coefficient (Wildman–Crippen LogP) is 3.88. The number of benzene rings is 2. The molecule has 2 aromatic carbocycles. The molecule has 0 saturated carbocycles. The van der Waals surface area contributed by atoms with E-state index < -0.39 is 18.0 Å². The summed E-state index contributed by atoms with van der Waals surface area (Å²) in [4.78, 5) is 27.4. The monoisotopic (exact) mass is 412 g/mol. The van der Waals surface area contributed by atoms with Crippen molar-refractivity contribution < 1.29 is 23.8 Å². The third kappa shape index (κ3) is 5.03. The van der Waals surface area contributed by atoms with E-state index in [1.165, 1.54) is 40.4 Å². The highest BCUT2D eigenvalue weighted by Gasteiger charge is 2.23. The molecule has 7 nitrogen and oxygen atoms in total. The molecule has 7 heteroatoms. The normalized spacial score (nSPS) is 14.6. The topological polar surface area (TPSA) is 77.1 Å². The van der Waals surface area contributed by atoms with Crippen molar-refractivity contribution >= 4 is 23.3 Å². The summed E-state index contributed by atoms with van der Waals surface area (Å²) in [7, 11) is 2.93. The van der Waals surface area contributed by atoms with Crippen LogP contribution in [0.5, 0.6) is 11.5 Å². The average molecular weight is 412 g/mol. The van der Waals surface area contributed by atoms with E-state index in [0.29, 0.717) is 11.4 Å². The van der Waals surface area contributed by atoms with Crippen molar-refractivity contribution in [1.82, 2.24) is 0 Å². The summed E-state index contributed by atoms with van der Waals surface area (Å²) in [6.07, 6.45) is 2.72. The van der Waals surface area contributed by atoms with Crippen LogP contribution in [0.1, 0.15) is 36.5 Å². The molecule has 1 aliphatic heterocycles. The first-order valence-electron chi connectivity index (χ1n) is 10.1. The predicted molar refractivity (Wildman–Crippen MR) is 116 cm³/mol. The molecule has 1 fully saturated rings. The smallest absolute Gasteiger partial charge is 0.342 e. The van der Waals surface area contributed by atoms with Crippen molar-refractivity contribution in [3.8, 4) is 11.5 Å². The average Bonchev–Trinajstić information content (AvgIpc) is 2.79. The van der Waals surface area contributed by atoms with Crippen molar-refractivity contribution in [3.63, 3.8) is 0 Å². The van der Waals surface area contributed by atoms with E-state index in [1.54, 1.807) is 18.2 Å². The first-order chi connectivity index (χ1) is 14.5. The van der Waals surface area contributed by atoms with Gasteiger partial charge in [0.15, 0.2) is 17.6 Å². The standard InChI is InChI=1S/C23H28N2O5/c1-16(30-23(27)19-8-7-9-20(28-2)21(19)29-3)22(26)24-17-10-12-18(13-11-17)25-14-5-4-6-15-25/h7-13,16H,4-6,14-15H2,1-3H3,(H,24,26)/t16-/m1/s1. The quantitative estimate of drug-likeness (QED) is 0.696. The van der Waals surface area contributed by atoms with Crippen molar-refractivity contribution in [2.75, 3.05) is 37.5 Å². The first-order valence-corrected chi connectivity index (χ1v) is 10.1. The number of hydrogen-bond donors (Lipinski definition) is 1. The van der Waals surface area contributed by atoms with E-state index >= 15 is 0 Å². The van der Waals surface area contributed by atoms with Gasteiger partial charge in [0.25, 0.3) is 5.91 Å². The van der Waals surface area contributed by atoms with Gasteiger partial charge in [0, 0.05) is 24.5 Å². The van der Waals surface area contributed by atoms with Crippen LogP contribution in [0, 0.1) is 0 Å². The largest absolute Gasteiger partial charge is 0.493 e. The maximum absolute atomic E-state index is 12.5. The van der Waals surface area contributed by atoms with E-state index in [0.717, 1.165) is 18.8 Å². The third-order valence-electron chi connectivity index (χ3n) is 5.13. The summed E-state index contributed by atoms with van der Waals surface area (Å²) in [6.45, 7) is 3.65.